The summed E-state index contributed by atoms with van der Waals surface area (Å²) in [5.41, 5.74) is 6.24. The predicted octanol–water partition coefficient (Wildman–Crippen LogP) is 1.17. The van der Waals surface area contributed by atoms with Gasteiger partial charge in [-0.15, -0.1) is 0 Å². The van der Waals surface area contributed by atoms with Crippen LogP contribution in [0.15, 0.2) is 0 Å². The number of carbonyl (C=O) groups is 1. The van der Waals surface area contributed by atoms with Crippen LogP contribution in [0, 0.1) is 5.41 Å². The zero-order chi connectivity index (χ0) is 13.8. The average Bonchev–Trinajstić information content (AvgIpc) is 2.29. The molecule has 5 heteroatoms. The van der Waals surface area contributed by atoms with Gasteiger partial charge in [0.2, 0.25) is 5.91 Å². The molecule has 1 aliphatic carbocycles. The number of carbonyl (C=O) groups excluding carboxylic acids is 1. The number of nitrogens with two attached hydrogens (primary N) is 1. The predicted molar refractivity (Wildman–Crippen MR) is 75.7 cm³/mol. The Labute approximate surface area is 113 Å². The highest BCUT2D eigenvalue weighted by Gasteiger charge is 2.39. The average molecular weight is 274 g/mol. The number of hydrogen-bond acceptors (Lipinski definition) is 3. The quantitative estimate of drug-likeness (QED) is 0.790. The van der Waals surface area contributed by atoms with Crippen LogP contribution in [0.4, 0.5) is 0 Å². The largest absolute Gasteiger partial charge is 0.355 e. The van der Waals surface area contributed by atoms with E-state index in [0.717, 1.165) is 25.7 Å². The third-order valence-electron chi connectivity index (χ3n) is 3.80. The van der Waals surface area contributed by atoms with E-state index in [2.05, 4.69) is 19.2 Å². The van der Waals surface area contributed by atoms with Gasteiger partial charge >= 0.3 is 0 Å². The Hall–Kier alpha value is -0.420. The van der Waals surface area contributed by atoms with Crippen LogP contribution < -0.4 is 11.1 Å². The van der Waals surface area contributed by atoms with Gasteiger partial charge in [-0.3, -0.25) is 9.00 Å². The molecule has 0 heterocycles. The van der Waals surface area contributed by atoms with E-state index in [0.29, 0.717) is 6.54 Å². The molecule has 4 nitrogen and oxygen atoms in total. The van der Waals surface area contributed by atoms with Crippen molar-refractivity contribution < 1.29 is 9.00 Å². The maximum Gasteiger partial charge on any atom is 0.232 e. The van der Waals surface area contributed by atoms with E-state index in [4.69, 9.17) is 5.73 Å². The molecule has 3 atom stereocenters. The highest BCUT2D eigenvalue weighted by atomic mass is 32.2. The molecule has 1 saturated carbocycles. The van der Waals surface area contributed by atoms with E-state index < -0.39 is 10.8 Å². The molecule has 0 aromatic heterocycles. The zero-order valence-corrected chi connectivity index (χ0v) is 12.5. The minimum absolute atomic E-state index is 0.0263. The fourth-order valence-electron chi connectivity index (χ4n) is 2.45. The minimum Gasteiger partial charge on any atom is -0.355 e. The lowest BCUT2D eigenvalue weighted by Crippen LogP contribution is -2.52. The minimum atomic E-state index is -1.15. The van der Waals surface area contributed by atoms with Crippen LogP contribution in [0.25, 0.3) is 0 Å². The zero-order valence-electron chi connectivity index (χ0n) is 11.7. The summed E-state index contributed by atoms with van der Waals surface area (Å²) < 4.78 is 12.2. The van der Waals surface area contributed by atoms with Crippen LogP contribution >= 0.6 is 0 Å². The van der Waals surface area contributed by atoms with E-state index >= 15 is 0 Å². The summed E-state index contributed by atoms with van der Waals surface area (Å²) in [6, 6.07) is -0.0777. The van der Waals surface area contributed by atoms with Crippen LogP contribution in [-0.4, -0.2) is 33.7 Å². The molecule has 0 spiro atoms. The van der Waals surface area contributed by atoms with Crippen LogP contribution in [0.3, 0.4) is 0 Å². The van der Waals surface area contributed by atoms with Gasteiger partial charge < -0.3 is 11.1 Å². The van der Waals surface area contributed by atoms with Gasteiger partial charge in [-0.25, -0.2) is 0 Å². The maximum atomic E-state index is 12.2. The van der Waals surface area contributed by atoms with Crippen LogP contribution in [0.2, 0.25) is 0 Å². The molecule has 0 radical (unpaired) electrons. The van der Waals surface area contributed by atoms with Crippen molar-refractivity contribution in [3.8, 4) is 0 Å². The van der Waals surface area contributed by atoms with Crippen LogP contribution in [0.1, 0.15) is 46.5 Å². The second-order valence-electron chi connectivity index (χ2n) is 5.82. The summed E-state index contributed by atoms with van der Waals surface area (Å²) in [4.78, 5) is 11.6. The standard InChI is InChI=1S/C13H26N2O2S/c1-4-8-15-11(16)9-18(17)10-6-5-7-13(2,3)12(10)14/h10,12H,4-9,14H2,1-3H3,(H,15,16). The Morgan fingerprint density at radius 2 is 2.17 bits per heavy atom. The first kappa shape index (κ1) is 15.6. The highest BCUT2D eigenvalue weighted by molar-refractivity contribution is 7.86. The van der Waals surface area contributed by atoms with Gasteiger partial charge in [0.1, 0.15) is 5.75 Å². The molecule has 0 aromatic rings. The summed E-state index contributed by atoms with van der Waals surface area (Å²) in [5.74, 6) is -0.0280. The van der Waals surface area contributed by atoms with Crippen molar-refractivity contribution in [3.05, 3.63) is 0 Å². The third-order valence-corrected chi connectivity index (χ3v) is 5.55. The molecule has 1 rings (SSSR count). The molecule has 1 fully saturated rings. The monoisotopic (exact) mass is 274 g/mol. The van der Waals surface area contributed by atoms with E-state index in [9.17, 15) is 9.00 Å². The van der Waals surface area contributed by atoms with Crippen molar-refractivity contribution in [2.24, 2.45) is 11.1 Å². The van der Waals surface area contributed by atoms with E-state index in [-0.39, 0.29) is 28.4 Å². The highest BCUT2D eigenvalue weighted by Crippen LogP contribution is 2.36. The van der Waals surface area contributed by atoms with E-state index in [1.807, 2.05) is 6.92 Å². The number of nitrogens with one attached hydrogen (secondary N) is 1. The maximum absolute atomic E-state index is 12.2. The molecule has 106 valence electrons. The first-order chi connectivity index (χ1) is 8.38. The molecule has 0 bridgehead atoms. The van der Waals surface area contributed by atoms with Gasteiger partial charge in [-0.05, 0) is 24.7 Å². The number of amides is 1. The van der Waals surface area contributed by atoms with Crippen molar-refractivity contribution in [2.45, 2.75) is 57.7 Å². The fourth-order valence-corrected chi connectivity index (χ4v) is 4.15. The summed E-state index contributed by atoms with van der Waals surface area (Å²) in [6.45, 7) is 6.89. The third kappa shape index (κ3) is 4.05. The molecule has 1 amide bonds. The van der Waals surface area contributed by atoms with E-state index in [1.54, 1.807) is 0 Å². The Bertz CT molecular complexity index is 318. The first-order valence-corrected chi connectivity index (χ1v) is 8.16. The fraction of sp³-hybridized carbons (Fsp3) is 0.923. The molecule has 3 N–H and O–H groups in total. The Morgan fingerprint density at radius 1 is 1.50 bits per heavy atom. The van der Waals surface area contributed by atoms with E-state index in [1.165, 1.54) is 0 Å². The lowest BCUT2D eigenvalue weighted by atomic mass is 9.73. The van der Waals surface area contributed by atoms with Crippen molar-refractivity contribution >= 4 is 16.7 Å². The molecule has 0 aromatic carbocycles. The van der Waals surface area contributed by atoms with Crippen molar-refractivity contribution in [1.29, 1.82) is 0 Å². The van der Waals surface area contributed by atoms with Gasteiger partial charge in [0.25, 0.3) is 0 Å². The second-order valence-corrected chi connectivity index (χ2v) is 7.48. The van der Waals surface area contributed by atoms with Crippen LogP contribution in [-0.2, 0) is 15.6 Å². The summed E-state index contributed by atoms with van der Waals surface area (Å²) in [6.07, 6.45) is 3.89. The number of hydrogen-bond donors (Lipinski definition) is 2. The first-order valence-electron chi connectivity index (χ1n) is 6.78. The van der Waals surface area contributed by atoms with Gasteiger partial charge in [-0.1, -0.05) is 27.2 Å². The number of rotatable bonds is 5. The normalized spacial score (nSPS) is 28.7. The van der Waals surface area contributed by atoms with Gasteiger partial charge in [0.15, 0.2) is 0 Å². The van der Waals surface area contributed by atoms with Gasteiger partial charge in [0, 0.05) is 23.4 Å². The molecule has 18 heavy (non-hydrogen) atoms. The lowest BCUT2D eigenvalue weighted by Gasteiger charge is -2.41. The van der Waals surface area contributed by atoms with Crippen molar-refractivity contribution in [2.75, 3.05) is 12.3 Å². The summed E-state index contributed by atoms with van der Waals surface area (Å²) in [7, 11) is -1.15. The van der Waals surface area contributed by atoms with Crippen molar-refractivity contribution in [1.82, 2.24) is 5.32 Å². The molecule has 0 aliphatic heterocycles. The Kier molecular flexibility index (Phi) is 5.79. The van der Waals surface area contributed by atoms with Gasteiger partial charge in [-0.2, -0.15) is 0 Å². The molecule has 0 saturated heterocycles. The molecular weight excluding hydrogens is 248 g/mol. The Morgan fingerprint density at radius 3 is 2.78 bits per heavy atom. The lowest BCUT2D eigenvalue weighted by molar-refractivity contribution is -0.118. The van der Waals surface area contributed by atoms with Crippen molar-refractivity contribution in [3.63, 3.8) is 0 Å². The second kappa shape index (κ2) is 6.66. The smallest absolute Gasteiger partial charge is 0.232 e. The summed E-state index contributed by atoms with van der Waals surface area (Å²) in [5, 5.41) is 2.72. The van der Waals surface area contributed by atoms with Crippen LogP contribution in [0.5, 0.6) is 0 Å². The topological polar surface area (TPSA) is 72.2 Å². The Balaban J connectivity index is 2.53. The summed E-state index contributed by atoms with van der Waals surface area (Å²) >= 11 is 0. The van der Waals surface area contributed by atoms with Gasteiger partial charge in [0.05, 0.1) is 5.25 Å². The molecule has 1 aliphatic rings. The SMILES string of the molecule is CCCNC(=O)CS(=O)C1CCCC(C)(C)C1N. The molecule has 3 unspecified atom stereocenters. The molecular formula is C13H26N2O2S.